The molecule has 2 aromatic heterocycles. The number of hydrogen-bond donors (Lipinski definition) is 1. The molecule has 24 heavy (non-hydrogen) atoms. The number of hydrogen-bond acceptors (Lipinski definition) is 1. The van der Waals surface area contributed by atoms with Gasteiger partial charge < -0.3 is 4.98 Å². The summed E-state index contributed by atoms with van der Waals surface area (Å²) in [5.41, 5.74) is 6.33. The molecule has 1 N–H and O–H groups in total. The average molecular weight is 329 g/mol. The molecule has 0 spiro atoms. The van der Waals surface area contributed by atoms with E-state index in [1.807, 2.05) is 11.3 Å². The van der Waals surface area contributed by atoms with E-state index in [1.54, 1.807) is 0 Å². The van der Waals surface area contributed by atoms with Gasteiger partial charge in [0.15, 0.2) is 0 Å². The average Bonchev–Trinajstić information content (AvgIpc) is 3.11. The first-order valence-corrected chi connectivity index (χ1v) is 8.93. The monoisotopic (exact) mass is 329 g/mol. The summed E-state index contributed by atoms with van der Waals surface area (Å²) in [4.78, 5) is 3.55. The van der Waals surface area contributed by atoms with Crippen LogP contribution in [-0.4, -0.2) is 4.98 Å². The van der Waals surface area contributed by atoms with Crippen molar-refractivity contribution >= 4 is 43.4 Å². The minimum Gasteiger partial charge on any atom is -0.354 e. The Morgan fingerprint density at radius 3 is 2.54 bits per heavy atom. The Morgan fingerprint density at radius 1 is 0.875 bits per heavy atom. The standard InChI is InChI=1S/C21H17N2S/c1-13-7-3-4-8-14(13)21-23(2)19-11-16-15-9-5-6-10-17(15)22-18(16)12-20(19)24-21/h3-12,22H,1-2H3/q+1. The molecule has 116 valence electrons. The van der Waals surface area contributed by atoms with E-state index < -0.39 is 0 Å². The highest BCUT2D eigenvalue weighted by molar-refractivity contribution is 7.21. The molecule has 0 aliphatic carbocycles. The fourth-order valence-electron chi connectivity index (χ4n) is 3.54. The predicted molar refractivity (Wildman–Crippen MR) is 103 cm³/mol. The van der Waals surface area contributed by atoms with E-state index in [0.717, 1.165) is 0 Å². The number of nitrogens with zero attached hydrogens (tertiary/aromatic N) is 1. The van der Waals surface area contributed by atoms with Gasteiger partial charge in [-0.25, -0.2) is 0 Å². The van der Waals surface area contributed by atoms with E-state index in [0.29, 0.717) is 0 Å². The molecule has 5 aromatic rings. The number of fused-ring (bicyclic) bond motifs is 4. The lowest BCUT2D eigenvalue weighted by Gasteiger charge is -1.98. The number of benzene rings is 3. The smallest absolute Gasteiger partial charge is 0.270 e. The fourth-order valence-corrected chi connectivity index (χ4v) is 4.80. The largest absolute Gasteiger partial charge is 0.354 e. The van der Waals surface area contributed by atoms with E-state index in [1.165, 1.54) is 48.2 Å². The van der Waals surface area contributed by atoms with Gasteiger partial charge in [0, 0.05) is 27.9 Å². The molecule has 0 saturated heterocycles. The second-order valence-corrected chi connectivity index (χ2v) is 7.35. The van der Waals surface area contributed by atoms with Gasteiger partial charge in [-0.15, -0.1) is 0 Å². The summed E-state index contributed by atoms with van der Waals surface area (Å²) in [6.45, 7) is 2.18. The lowest BCUT2D eigenvalue weighted by Crippen LogP contribution is -2.28. The first kappa shape index (κ1) is 13.8. The summed E-state index contributed by atoms with van der Waals surface area (Å²) in [5.74, 6) is 0. The lowest BCUT2D eigenvalue weighted by atomic mass is 10.1. The highest BCUT2D eigenvalue weighted by atomic mass is 32.1. The number of nitrogens with one attached hydrogen (secondary N) is 1. The Balaban J connectivity index is 1.86. The van der Waals surface area contributed by atoms with Crippen molar-refractivity contribution in [2.45, 2.75) is 6.92 Å². The zero-order valence-corrected chi connectivity index (χ0v) is 14.4. The van der Waals surface area contributed by atoms with Crippen LogP contribution in [0.1, 0.15) is 5.56 Å². The molecule has 0 bridgehead atoms. The van der Waals surface area contributed by atoms with E-state index >= 15 is 0 Å². The maximum atomic E-state index is 3.55. The van der Waals surface area contributed by atoms with Crippen LogP contribution in [0.5, 0.6) is 0 Å². The van der Waals surface area contributed by atoms with Gasteiger partial charge in [-0.2, -0.15) is 4.57 Å². The summed E-state index contributed by atoms with van der Waals surface area (Å²) in [6.07, 6.45) is 0. The maximum Gasteiger partial charge on any atom is 0.270 e. The first-order valence-electron chi connectivity index (χ1n) is 8.11. The molecule has 3 heteroatoms. The van der Waals surface area contributed by atoms with Gasteiger partial charge >= 0.3 is 0 Å². The normalized spacial score (nSPS) is 11.8. The summed E-state index contributed by atoms with van der Waals surface area (Å²) >= 11 is 1.86. The maximum absolute atomic E-state index is 3.55. The molecule has 5 rings (SSSR count). The second kappa shape index (κ2) is 4.92. The van der Waals surface area contributed by atoms with Crippen LogP contribution >= 0.6 is 11.3 Å². The Hall–Kier alpha value is -2.65. The van der Waals surface area contributed by atoms with Crippen LogP contribution in [0.2, 0.25) is 0 Å². The molecular weight excluding hydrogens is 312 g/mol. The van der Waals surface area contributed by atoms with Crippen LogP contribution in [0.3, 0.4) is 0 Å². The molecule has 0 radical (unpaired) electrons. The Bertz CT molecular complexity index is 1230. The number of thiazole rings is 1. The van der Waals surface area contributed by atoms with Crippen LogP contribution in [-0.2, 0) is 7.05 Å². The van der Waals surface area contributed by atoms with E-state index in [9.17, 15) is 0 Å². The number of H-pyrrole nitrogens is 1. The highest BCUT2D eigenvalue weighted by Gasteiger charge is 2.21. The SMILES string of the molecule is Cc1ccccc1-c1sc2cc3[nH]c4ccccc4c3cc2[n+]1C. The van der Waals surface area contributed by atoms with Gasteiger partial charge in [0.2, 0.25) is 5.52 Å². The molecule has 0 saturated carbocycles. The molecule has 0 aliphatic rings. The summed E-state index contributed by atoms with van der Waals surface area (Å²) < 4.78 is 3.64. The molecule has 3 aromatic carbocycles. The van der Waals surface area contributed by atoms with E-state index in [4.69, 9.17) is 0 Å². The second-order valence-electron chi connectivity index (χ2n) is 6.32. The van der Waals surface area contributed by atoms with Gasteiger partial charge in [-0.1, -0.05) is 47.7 Å². The highest BCUT2D eigenvalue weighted by Crippen LogP contribution is 2.34. The van der Waals surface area contributed by atoms with Gasteiger partial charge in [0.25, 0.3) is 5.01 Å². The van der Waals surface area contributed by atoms with Crippen LogP contribution < -0.4 is 4.57 Å². The number of aryl methyl sites for hydroxylation is 2. The number of para-hydroxylation sites is 1. The van der Waals surface area contributed by atoms with Crippen LogP contribution in [0, 0.1) is 6.92 Å². The minimum atomic E-state index is 1.20. The topological polar surface area (TPSA) is 19.7 Å². The number of aromatic nitrogens is 2. The van der Waals surface area contributed by atoms with Gasteiger partial charge in [-0.3, -0.25) is 0 Å². The van der Waals surface area contributed by atoms with Crippen molar-refractivity contribution in [2.24, 2.45) is 7.05 Å². The predicted octanol–water partition coefficient (Wildman–Crippen LogP) is 5.34. The van der Waals surface area contributed by atoms with Crippen molar-refractivity contribution in [2.75, 3.05) is 0 Å². The summed E-state index contributed by atoms with van der Waals surface area (Å²) in [5, 5.41) is 3.89. The molecule has 0 unspecified atom stereocenters. The van der Waals surface area contributed by atoms with Gasteiger partial charge in [0.05, 0.1) is 5.56 Å². The summed E-state index contributed by atoms with van der Waals surface area (Å²) in [6, 6.07) is 21.7. The van der Waals surface area contributed by atoms with E-state index in [-0.39, 0.29) is 0 Å². The Labute approximate surface area is 144 Å². The van der Waals surface area contributed by atoms with Gasteiger partial charge in [0.1, 0.15) is 11.7 Å². The fraction of sp³-hybridized carbons (Fsp3) is 0.0952. The van der Waals surface area contributed by atoms with Gasteiger partial charge in [-0.05, 0) is 30.7 Å². The van der Waals surface area contributed by atoms with Crippen LogP contribution in [0.15, 0.2) is 60.7 Å². The third-order valence-corrected chi connectivity index (χ3v) is 6.07. The van der Waals surface area contributed by atoms with Crippen molar-refractivity contribution in [3.8, 4) is 10.6 Å². The molecule has 0 amide bonds. The molecule has 0 fully saturated rings. The van der Waals surface area contributed by atoms with Crippen molar-refractivity contribution < 1.29 is 4.57 Å². The molecule has 2 nitrogen and oxygen atoms in total. The van der Waals surface area contributed by atoms with Crippen LogP contribution in [0.25, 0.3) is 42.6 Å². The summed E-state index contributed by atoms with van der Waals surface area (Å²) in [7, 11) is 2.17. The van der Waals surface area contributed by atoms with Crippen molar-refractivity contribution in [3.63, 3.8) is 0 Å². The Kier molecular flexibility index (Phi) is 2.82. The first-order chi connectivity index (χ1) is 11.7. The third-order valence-electron chi connectivity index (χ3n) is 4.83. The quantitative estimate of drug-likeness (QED) is 0.401. The van der Waals surface area contributed by atoms with E-state index in [2.05, 4.69) is 84.2 Å². The molecule has 0 atom stereocenters. The molecule has 2 heterocycles. The van der Waals surface area contributed by atoms with Crippen molar-refractivity contribution in [1.82, 2.24) is 4.98 Å². The zero-order chi connectivity index (χ0) is 16.3. The van der Waals surface area contributed by atoms with Crippen LogP contribution in [0.4, 0.5) is 0 Å². The number of aromatic amines is 1. The minimum absolute atomic E-state index is 1.20. The molecular formula is C21H17N2S+. The zero-order valence-electron chi connectivity index (χ0n) is 13.6. The van der Waals surface area contributed by atoms with Crippen molar-refractivity contribution in [1.29, 1.82) is 0 Å². The number of rotatable bonds is 1. The third kappa shape index (κ3) is 1.85. The lowest BCUT2D eigenvalue weighted by molar-refractivity contribution is -0.629. The molecule has 0 aliphatic heterocycles. The Morgan fingerprint density at radius 2 is 1.67 bits per heavy atom. The van der Waals surface area contributed by atoms with Crippen molar-refractivity contribution in [3.05, 3.63) is 66.2 Å².